The lowest BCUT2D eigenvalue weighted by Crippen LogP contribution is -2.41. The number of likely N-dealkylation sites (tertiary alicyclic amines) is 1. The van der Waals surface area contributed by atoms with E-state index in [0.717, 1.165) is 65.7 Å². The number of amides is 3. The monoisotopic (exact) mass is 631 g/mol. The minimum atomic E-state index is -0.635. The molecule has 8 rings (SSSR count). The van der Waals surface area contributed by atoms with Gasteiger partial charge in [-0.15, -0.1) is 0 Å². The van der Waals surface area contributed by atoms with Gasteiger partial charge in [-0.1, -0.05) is 18.2 Å². The number of benzene rings is 3. The van der Waals surface area contributed by atoms with E-state index in [1.165, 1.54) is 6.07 Å². The number of ether oxygens (including phenoxy) is 1. The summed E-state index contributed by atoms with van der Waals surface area (Å²) in [6.07, 6.45) is 4.33. The number of fused-ring (bicyclic) bond motifs is 4. The topological polar surface area (TPSA) is 164 Å². The molecule has 2 aromatic heterocycles. The minimum Gasteiger partial charge on any atom is -0.494 e. The zero-order valence-corrected chi connectivity index (χ0v) is 26.4. The Labute approximate surface area is 271 Å². The van der Waals surface area contributed by atoms with Crippen LogP contribution in [0.2, 0.25) is 0 Å². The highest BCUT2D eigenvalue weighted by Gasteiger charge is 2.47. The maximum Gasteiger partial charge on any atom is 0.254 e. The number of hydrogen-bond donors (Lipinski definition) is 3. The Kier molecular flexibility index (Phi) is 6.66. The van der Waals surface area contributed by atoms with Crippen molar-refractivity contribution in [2.75, 3.05) is 13.7 Å². The Morgan fingerprint density at radius 3 is 2.40 bits per heavy atom. The molecule has 1 aliphatic heterocycles. The fraction of sp³-hybridized carbons (Fsp3) is 0.333. The predicted molar refractivity (Wildman–Crippen MR) is 179 cm³/mol. The van der Waals surface area contributed by atoms with E-state index in [-0.39, 0.29) is 29.1 Å². The average Bonchev–Trinajstić information content (AvgIpc) is 3.47. The molecule has 47 heavy (non-hydrogen) atoms. The number of nitrogens with two attached hydrogens (primary N) is 3. The predicted octanol–water partition coefficient (Wildman–Crippen LogP) is 4.04. The van der Waals surface area contributed by atoms with Crippen LogP contribution < -0.4 is 21.9 Å². The zero-order chi connectivity index (χ0) is 32.7. The molecule has 3 aliphatic rings. The molecule has 11 nitrogen and oxygen atoms in total. The van der Waals surface area contributed by atoms with Gasteiger partial charge in [0.1, 0.15) is 11.3 Å². The average molecular weight is 632 g/mol. The van der Waals surface area contributed by atoms with E-state index in [9.17, 15) is 14.4 Å². The number of imidazole rings is 1. The van der Waals surface area contributed by atoms with Crippen LogP contribution in [0.25, 0.3) is 44.6 Å². The molecule has 2 saturated carbocycles. The third-order valence-corrected chi connectivity index (χ3v) is 10.5. The van der Waals surface area contributed by atoms with Gasteiger partial charge < -0.3 is 36.0 Å². The van der Waals surface area contributed by atoms with E-state index in [1.54, 1.807) is 19.2 Å². The SMILES string of the molecule is COc1cc(C(=O)N2CC3CCC2[C@@H]3N)cc2nc(-c3cc4ccc(-c5ccc(C(N)=O)cc5C(N)=O)cc4n3CC3CC3)n(C)c12. The molecule has 1 saturated heterocycles. The van der Waals surface area contributed by atoms with Crippen LogP contribution in [0.15, 0.2) is 54.6 Å². The molecule has 2 bridgehead atoms. The molecular weight excluding hydrogens is 594 g/mol. The highest BCUT2D eigenvalue weighted by atomic mass is 16.5. The van der Waals surface area contributed by atoms with Gasteiger partial charge in [0.2, 0.25) is 11.8 Å². The van der Waals surface area contributed by atoms with Gasteiger partial charge in [-0.05, 0) is 85.0 Å². The van der Waals surface area contributed by atoms with Crippen LogP contribution in [0.5, 0.6) is 5.75 Å². The summed E-state index contributed by atoms with van der Waals surface area (Å²) in [6, 6.07) is 16.8. The second kappa shape index (κ2) is 10.7. The molecule has 0 spiro atoms. The Bertz CT molecular complexity index is 2140. The molecular formula is C36H37N7O4. The third-order valence-electron chi connectivity index (χ3n) is 10.5. The second-order valence-corrected chi connectivity index (χ2v) is 13.3. The summed E-state index contributed by atoms with van der Waals surface area (Å²) >= 11 is 0. The van der Waals surface area contributed by atoms with Crippen LogP contribution in [0.3, 0.4) is 0 Å². The molecule has 6 N–H and O–H groups in total. The molecule has 240 valence electrons. The first kappa shape index (κ1) is 29.3. The summed E-state index contributed by atoms with van der Waals surface area (Å²) in [5, 5.41) is 1.02. The van der Waals surface area contributed by atoms with E-state index >= 15 is 0 Å². The van der Waals surface area contributed by atoms with Crippen molar-refractivity contribution in [3.63, 3.8) is 0 Å². The first-order valence-corrected chi connectivity index (χ1v) is 16.1. The quantitative estimate of drug-likeness (QED) is 0.234. The molecule has 3 heterocycles. The molecule has 3 amide bonds. The molecule has 3 aromatic carbocycles. The maximum absolute atomic E-state index is 13.7. The van der Waals surface area contributed by atoms with Crippen LogP contribution in [0.1, 0.15) is 56.8 Å². The molecule has 3 atom stereocenters. The summed E-state index contributed by atoms with van der Waals surface area (Å²) in [5.74, 6) is 0.971. The van der Waals surface area contributed by atoms with Crippen molar-refractivity contribution < 1.29 is 19.1 Å². The zero-order valence-electron chi connectivity index (χ0n) is 26.4. The standard InChI is InChI=1S/C36H37N7O4/c1-41-32-26(12-23(15-30(32)47-2)36(46)43-17-22-8-10-27(43)31(22)37)40-35(41)29-14-20-6-5-19(13-28(20)42(29)16-18-3-4-18)24-9-7-21(33(38)44)11-25(24)34(39)45/h5-7,9,11-15,18,22,27,31H,3-4,8,10,16-17,37H2,1-2H3,(H2,38,44)(H2,39,45)/t22?,27?,31-/m1/s1. The lowest BCUT2D eigenvalue weighted by molar-refractivity contribution is 0.0700. The van der Waals surface area contributed by atoms with Crippen molar-refractivity contribution in [2.24, 2.45) is 36.1 Å². The van der Waals surface area contributed by atoms with Crippen LogP contribution in [-0.4, -0.2) is 62.5 Å². The van der Waals surface area contributed by atoms with Crippen LogP contribution in [0, 0.1) is 11.8 Å². The lowest BCUT2D eigenvalue weighted by atomic mass is 9.96. The third kappa shape index (κ3) is 4.67. The Balaban J connectivity index is 1.24. The van der Waals surface area contributed by atoms with E-state index < -0.39 is 11.8 Å². The Morgan fingerprint density at radius 1 is 0.936 bits per heavy atom. The van der Waals surface area contributed by atoms with E-state index in [4.69, 9.17) is 26.9 Å². The van der Waals surface area contributed by atoms with Gasteiger partial charge in [0.15, 0.2) is 5.82 Å². The second-order valence-electron chi connectivity index (χ2n) is 13.3. The van der Waals surface area contributed by atoms with Gasteiger partial charge in [-0.25, -0.2) is 4.98 Å². The number of carbonyl (C=O) groups is 3. The molecule has 2 aliphatic carbocycles. The number of aryl methyl sites for hydroxylation is 1. The van der Waals surface area contributed by atoms with Crippen molar-refractivity contribution in [2.45, 2.75) is 44.3 Å². The van der Waals surface area contributed by atoms with Crippen molar-refractivity contribution >= 4 is 39.7 Å². The highest BCUT2D eigenvalue weighted by Crippen LogP contribution is 2.41. The number of piperidine rings is 1. The summed E-state index contributed by atoms with van der Waals surface area (Å²) in [6.45, 7) is 1.51. The van der Waals surface area contributed by atoms with E-state index in [0.29, 0.717) is 40.8 Å². The minimum absolute atomic E-state index is 0.0328. The molecule has 2 unspecified atom stereocenters. The van der Waals surface area contributed by atoms with Gasteiger partial charge in [0, 0.05) is 59.8 Å². The van der Waals surface area contributed by atoms with Crippen LogP contribution >= 0.6 is 0 Å². The molecule has 3 fully saturated rings. The number of carbonyl (C=O) groups excluding carboxylic acids is 3. The smallest absolute Gasteiger partial charge is 0.254 e. The number of aromatic nitrogens is 3. The van der Waals surface area contributed by atoms with Crippen molar-refractivity contribution in [1.82, 2.24) is 19.0 Å². The van der Waals surface area contributed by atoms with Crippen molar-refractivity contribution in [3.8, 4) is 28.4 Å². The van der Waals surface area contributed by atoms with Gasteiger partial charge in [-0.3, -0.25) is 14.4 Å². The van der Waals surface area contributed by atoms with Gasteiger partial charge in [0.05, 0.1) is 18.3 Å². The molecule has 11 heteroatoms. The fourth-order valence-corrected chi connectivity index (χ4v) is 7.78. The maximum atomic E-state index is 13.7. The van der Waals surface area contributed by atoms with Gasteiger partial charge >= 0.3 is 0 Å². The normalized spacial score (nSPS) is 20.4. The first-order valence-electron chi connectivity index (χ1n) is 16.1. The van der Waals surface area contributed by atoms with Crippen molar-refractivity contribution in [3.05, 3.63) is 71.3 Å². The summed E-state index contributed by atoms with van der Waals surface area (Å²) in [7, 11) is 3.59. The van der Waals surface area contributed by atoms with Gasteiger partial charge in [0.25, 0.3) is 5.91 Å². The highest BCUT2D eigenvalue weighted by molar-refractivity contribution is 6.04. The molecule has 0 radical (unpaired) electrons. The number of nitrogens with zero attached hydrogens (tertiary/aromatic N) is 4. The number of methoxy groups -OCH3 is 1. The van der Waals surface area contributed by atoms with Crippen molar-refractivity contribution in [1.29, 1.82) is 0 Å². The van der Waals surface area contributed by atoms with Crippen LogP contribution in [0.4, 0.5) is 0 Å². The summed E-state index contributed by atoms with van der Waals surface area (Å²) < 4.78 is 10.2. The number of primary amides is 2. The van der Waals surface area contributed by atoms with E-state index in [1.807, 2.05) is 40.8 Å². The number of hydrogen-bond acceptors (Lipinski definition) is 6. The first-order chi connectivity index (χ1) is 22.6. The van der Waals surface area contributed by atoms with Crippen LogP contribution in [-0.2, 0) is 13.6 Å². The van der Waals surface area contributed by atoms with Gasteiger partial charge in [-0.2, -0.15) is 0 Å². The summed E-state index contributed by atoms with van der Waals surface area (Å²) in [4.78, 5) is 45.0. The lowest BCUT2D eigenvalue weighted by Gasteiger charge is -2.27. The molecule has 5 aromatic rings. The largest absolute Gasteiger partial charge is 0.494 e. The Hall–Kier alpha value is -5.16. The summed E-state index contributed by atoms with van der Waals surface area (Å²) in [5.41, 5.74) is 23.5. The fourth-order valence-electron chi connectivity index (χ4n) is 7.78. The Morgan fingerprint density at radius 2 is 1.74 bits per heavy atom. The number of rotatable bonds is 8. The van der Waals surface area contributed by atoms with E-state index in [2.05, 4.69) is 16.7 Å².